The molecule has 2 aromatic rings. The lowest BCUT2D eigenvalue weighted by Gasteiger charge is -2.28. The molecule has 106 valence electrons. The van der Waals surface area contributed by atoms with Crippen molar-refractivity contribution in [3.8, 4) is 0 Å². The average molecular weight is 269 g/mol. The molecule has 1 aromatic carbocycles. The Morgan fingerprint density at radius 1 is 1.35 bits per heavy atom. The van der Waals surface area contributed by atoms with E-state index < -0.39 is 0 Å². The van der Waals surface area contributed by atoms with Crippen molar-refractivity contribution >= 4 is 0 Å². The fraction of sp³-hybridized carbons (Fsp3) is 0.471. The Morgan fingerprint density at radius 2 is 2.25 bits per heavy atom. The molecular formula is C17H23N3. The molecule has 0 spiro atoms. The van der Waals surface area contributed by atoms with Gasteiger partial charge in [0.15, 0.2) is 0 Å². The minimum atomic E-state index is 0.459. The first-order valence-corrected chi connectivity index (χ1v) is 7.69. The molecule has 1 aliphatic rings. The van der Waals surface area contributed by atoms with Crippen molar-refractivity contribution in [2.45, 2.75) is 45.2 Å². The number of nitrogens with one attached hydrogen (secondary N) is 1. The van der Waals surface area contributed by atoms with E-state index in [0.29, 0.717) is 6.04 Å². The van der Waals surface area contributed by atoms with Crippen LogP contribution in [-0.2, 0) is 13.0 Å². The highest BCUT2D eigenvalue weighted by molar-refractivity contribution is 5.33. The molecule has 1 N–H and O–H groups in total. The summed E-state index contributed by atoms with van der Waals surface area (Å²) in [6.07, 6.45) is 8.86. The van der Waals surface area contributed by atoms with E-state index in [1.807, 2.05) is 12.5 Å². The van der Waals surface area contributed by atoms with Crippen LogP contribution in [-0.4, -0.2) is 16.1 Å². The summed E-state index contributed by atoms with van der Waals surface area (Å²) in [5.41, 5.74) is 4.28. The lowest BCUT2D eigenvalue weighted by atomic mass is 9.87. The molecule has 0 saturated heterocycles. The van der Waals surface area contributed by atoms with Crippen LogP contribution >= 0.6 is 0 Å². The monoisotopic (exact) mass is 269 g/mol. The number of imidazole rings is 1. The molecule has 3 nitrogen and oxygen atoms in total. The summed E-state index contributed by atoms with van der Waals surface area (Å²) in [6.45, 7) is 4.17. The number of hydrogen-bond donors (Lipinski definition) is 1. The first kappa shape index (κ1) is 13.4. The molecule has 20 heavy (non-hydrogen) atoms. The molecular weight excluding hydrogens is 246 g/mol. The Morgan fingerprint density at radius 3 is 3.15 bits per heavy atom. The molecule has 1 unspecified atom stereocenters. The average Bonchev–Trinajstić information content (AvgIpc) is 2.95. The Hall–Kier alpha value is -1.61. The van der Waals surface area contributed by atoms with Crippen molar-refractivity contribution in [2.24, 2.45) is 0 Å². The van der Waals surface area contributed by atoms with E-state index in [2.05, 4.69) is 46.1 Å². The van der Waals surface area contributed by atoms with Gasteiger partial charge in [-0.1, -0.05) is 31.2 Å². The molecule has 1 aliphatic carbocycles. The molecule has 1 atom stereocenters. The minimum absolute atomic E-state index is 0.459. The molecule has 0 amide bonds. The van der Waals surface area contributed by atoms with Gasteiger partial charge in [-0.25, -0.2) is 4.98 Å². The van der Waals surface area contributed by atoms with Gasteiger partial charge in [0.25, 0.3) is 0 Å². The Balaban J connectivity index is 1.85. The third-order valence-electron chi connectivity index (χ3n) is 4.15. The topological polar surface area (TPSA) is 29.9 Å². The number of benzene rings is 1. The van der Waals surface area contributed by atoms with Gasteiger partial charge in [0.1, 0.15) is 0 Å². The number of rotatable bonds is 5. The quantitative estimate of drug-likeness (QED) is 0.844. The van der Waals surface area contributed by atoms with Crippen LogP contribution in [0.4, 0.5) is 0 Å². The van der Waals surface area contributed by atoms with Crippen molar-refractivity contribution in [3.63, 3.8) is 0 Å². The van der Waals surface area contributed by atoms with E-state index in [0.717, 1.165) is 13.1 Å². The van der Waals surface area contributed by atoms with E-state index >= 15 is 0 Å². The summed E-state index contributed by atoms with van der Waals surface area (Å²) in [4.78, 5) is 4.37. The fourth-order valence-corrected chi connectivity index (χ4v) is 3.16. The molecule has 3 rings (SSSR count). The first-order valence-electron chi connectivity index (χ1n) is 7.69. The van der Waals surface area contributed by atoms with Crippen molar-refractivity contribution < 1.29 is 0 Å². The van der Waals surface area contributed by atoms with E-state index in [1.54, 1.807) is 0 Å². The maximum absolute atomic E-state index is 4.37. The van der Waals surface area contributed by atoms with Gasteiger partial charge in [-0.05, 0) is 43.4 Å². The summed E-state index contributed by atoms with van der Waals surface area (Å²) in [5, 5.41) is 3.48. The van der Waals surface area contributed by atoms with Gasteiger partial charge in [0.05, 0.1) is 18.1 Å². The number of hydrogen-bond acceptors (Lipinski definition) is 2. The van der Waals surface area contributed by atoms with Gasteiger partial charge in [0, 0.05) is 12.7 Å². The van der Waals surface area contributed by atoms with Crippen molar-refractivity contribution in [3.05, 3.63) is 53.6 Å². The molecule has 1 aromatic heterocycles. The highest BCUT2D eigenvalue weighted by Crippen LogP contribution is 2.33. The van der Waals surface area contributed by atoms with Gasteiger partial charge in [0.2, 0.25) is 0 Å². The molecule has 0 aliphatic heterocycles. The van der Waals surface area contributed by atoms with Crippen LogP contribution in [0.3, 0.4) is 0 Å². The molecule has 0 saturated carbocycles. The van der Waals surface area contributed by atoms with Gasteiger partial charge in [-0.15, -0.1) is 0 Å². The number of nitrogens with zero attached hydrogens (tertiary/aromatic N) is 2. The van der Waals surface area contributed by atoms with Crippen LogP contribution in [0.1, 0.15) is 49.0 Å². The van der Waals surface area contributed by atoms with Crippen molar-refractivity contribution in [1.29, 1.82) is 0 Å². The zero-order valence-electron chi connectivity index (χ0n) is 12.2. The summed E-state index contributed by atoms with van der Waals surface area (Å²) in [7, 11) is 0. The summed E-state index contributed by atoms with van der Waals surface area (Å²) in [6, 6.07) is 9.32. The second kappa shape index (κ2) is 6.23. The van der Waals surface area contributed by atoms with Crippen LogP contribution in [0, 0.1) is 0 Å². The summed E-state index contributed by atoms with van der Waals surface area (Å²) >= 11 is 0. The maximum atomic E-state index is 4.37. The van der Waals surface area contributed by atoms with Gasteiger partial charge < -0.3 is 9.88 Å². The zero-order chi connectivity index (χ0) is 13.8. The smallest absolute Gasteiger partial charge is 0.0954 e. The van der Waals surface area contributed by atoms with Gasteiger partial charge in [-0.2, -0.15) is 0 Å². The number of aryl methyl sites for hydroxylation is 1. The van der Waals surface area contributed by atoms with E-state index in [1.165, 1.54) is 42.5 Å². The van der Waals surface area contributed by atoms with Crippen LogP contribution in [0.5, 0.6) is 0 Å². The molecule has 0 radical (unpaired) electrons. The van der Waals surface area contributed by atoms with Crippen LogP contribution in [0.25, 0.3) is 0 Å². The Bertz CT molecular complexity index is 559. The standard InChI is InChI=1S/C17H23N3/c1-2-10-18-11-15-12-19-13-20(15)17-9-5-7-14-6-3-4-8-16(14)17/h3-4,6,8,12-13,17-18H,2,5,7,9-11H2,1H3. The first-order chi connectivity index (χ1) is 9.90. The predicted molar refractivity (Wildman–Crippen MR) is 81.7 cm³/mol. The second-order valence-electron chi connectivity index (χ2n) is 5.58. The van der Waals surface area contributed by atoms with Gasteiger partial charge >= 0.3 is 0 Å². The van der Waals surface area contributed by atoms with Crippen molar-refractivity contribution in [1.82, 2.24) is 14.9 Å². The molecule has 3 heteroatoms. The highest BCUT2D eigenvalue weighted by Gasteiger charge is 2.22. The molecule has 1 heterocycles. The van der Waals surface area contributed by atoms with Crippen LogP contribution < -0.4 is 5.32 Å². The maximum Gasteiger partial charge on any atom is 0.0954 e. The number of aromatic nitrogens is 2. The largest absolute Gasteiger partial charge is 0.326 e. The SMILES string of the molecule is CCCNCc1cncn1C1CCCc2ccccc21. The minimum Gasteiger partial charge on any atom is -0.326 e. The normalized spacial score (nSPS) is 17.9. The third-order valence-corrected chi connectivity index (χ3v) is 4.15. The summed E-state index contributed by atoms with van der Waals surface area (Å²) in [5.74, 6) is 0. The van der Waals surface area contributed by atoms with Gasteiger partial charge in [-0.3, -0.25) is 0 Å². The summed E-state index contributed by atoms with van der Waals surface area (Å²) < 4.78 is 2.36. The molecule has 0 bridgehead atoms. The second-order valence-corrected chi connectivity index (χ2v) is 5.58. The number of fused-ring (bicyclic) bond motifs is 1. The highest BCUT2D eigenvalue weighted by atomic mass is 15.1. The third kappa shape index (κ3) is 2.63. The lowest BCUT2D eigenvalue weighted by Crippen LogP contribution is -2.22. The van der Waals surface area contributed by atoms with Crippen LogP contribution in [0.2, 0.25) is 0 Å². The predicted octanol–water partition coefficient (Wildman–Crippen LogP) is 3.31. The van der Waals surface area contributed by atoms with Crippen molar-refractivity contribution in [2.75, 3.05) is 6.54 Å². The van der Waals surface area contributed by atoms with Crippen LogP contribution in [0.15, 0.2) is 36.8 Å². The Kier molecular flexibility index (Phi) is 4.16. The zero-order valence-corrected chi connectivity index (χ0v) is 12.2. The lowest BCUT2D eigenvalue weighted by molar-refractivity contribution is 0.470. The van der Waals surface area contributed by atoms with E-state index in [9.17, 15) is 0 Å². The van der Waals surface area contributed by atoms with E-state index in [4.69, 9.17) is 0 Å². The molecule has 0 fully saturated rings. The Labute approximate surface area is 121 Å². The van der Waals surface area contributed by atoms with E-state index in [-0.39, 0.29) is 0 Å². The fourth-order valence-electron chi connectivity index (χ4n) is 3.16.